The molecule has 0 bridgehead atoms. The molecule has 2 N–H and O–H groups in total. The van der Waals surface area contributed by atoms with Gasteiger partial charge in [0.25, 0.3) is 0 Å². The molecule has 1 saturated carbocycles. The molecule has 102 valence electrons. The minimum absolute atomic E-state index is 0.325. The Hall–Kier alpha value is -0.970. The molecule has 2 atom stereocenters. The number of fused-ring (bicyclic) bond motifs is 1. The van der Waals surface area contributed by atoms with Gasteiger partial charge in [0.05, 0.1) is 22.9 Å². The lowest BCUT2D eigenvalue weighted by Crippen LogP contribution is -2.33. The zero-order valence-electron chi connectivity index (χ0n) is 11.0. The molecule has 1 aliphatic carbocycles. The van der Waals surface area contributed by atoms with Gasteiger partial charge in [0.15, 0.2) is 0 Å². The number of nitrogens with two attached hydrogens (primary N) is 1. The number of rotatable bonds is 4. The minimum Gasteiger partial charge on any atom is -0.371 e. The molecule has 0 radical (unpaired) electrons. The highest BCUT2D eigenvalue weighted by Crippen LogP contribution is 2.28. The summed E-state index contributed by atoms with van der Waals surface area (Å²) in [5.74, 6) is 0.531. The molecule has 0 amide bonds. The fourth-order valence-electron chi connectivity index (χ4n) is 2.82. The van der Waals surface area contributed by atoms with Crippen LogP contribution >= 0.6 is 11.3 Å². The van der Waals surface area contributed by atoms with Crippen LogP contribution in [0.4, 0.5) is 0 Å². The summed E-state index contributed by atoms with van der Waals surface area (Å²) in [5.41, 5.74) is 6.91. The molecule has 1 aromatic carbocycles. The van der Waals surface area contributed by atoms with Gasteiger partial charge in [-0.2, -0.15) is 0 Å². The predicted molar refractivity (Wildman–Crippen MR) is 79.2 cm³/mol. The Balaban J connectivity index is 1.64. The molecule has 2 aromatic rings. The van der Waals surface area contributed by atoms with Crippen LogP contribution in [0.2, 0.25) is 0 Å². The molecule has 0 aliphatic heterocycles. The van der Waals surface area contributed by atoms with Crippen molar-refractivity contribution in [3.8, 4) is 0 Å². The number of hydrogen-bond donors (Lipinski definition) is 1. The zero-order valence-corrected chi connectivity index (χ0v) is 11.9. The Bertz CT molecular complexity index is 507. The summed E-state index contributed by atoms with van der Waals surface area (Å²) in [5, 5.41) is 1.07. The molecule has 4 heteroatoms. The highest BCUT2D eigenvalue weighted by atomic mass is 32.1. The van der Waals surface area contributed by atoms with E-state index in [0.29, 0.717) is 18.6 Å². The van der Waals surface area contributed by atoms with E-state index in [-0.39, 0.29) is 0 Å². The highest BCUT2D eigenvalue weighted by Gasteiger charge is 2.24. The van der Waals surface area contributed by atoms with Crippen LogP contribution in [0.3, 0.4) is 0 Å². The number of para-hydroxylation sites is 1. The maximum Gasteiger partial charge on any atom is 0.120 e. The summed E-state index contributed by atoms with van der Waals surface area (Å²) in [4.78, 5) is 4.61. The monoisotopic (exact) mass is 276 g/mol. The van der Waals surface area contributed by atoms with Crippen molar-refractivity contribution in [2.45, 2.75) is 38.4 Å². The van der Waals surface area contributed by atoms with Crippen LogP contribution in [0.1, 0.15) is 30.7 Å². The standard InChI is InChI=1S/C15H20N2OS/c16-9-11-5-1-3-7-13(11)18-10-15-17-12-6-2-4-8-14(12)19-15/h2,4,6,8,11,13H,1,3,5,7,9-10,16H2. The molecule has 1 aliphatic rings. The average Bonchev–Trinajstić information content (AvgIpc) is 2.88. The third kappa shape index (κ3) is 2.96. The Morgan fingerprint density at radius 2 is 2.11 bits per heavy atom. The van der Waals surface area contributed by atoms with Gasteiger partial charge in [-0.1, -0.05) is 25.0 Å². The predicted octanol–water partition coefficient (Wildman–Crippen LogP) is 3.33. The van der Waals surface area contributed by atoms with Gasteiger partial charge in [0, 0.05) is 0 Å². The fourth-order valence-corrected chi connectivity index (χ4v) is 3.71. The molecule has 19 heavy (non-hydrogen) atoms. The van der Waals surface area contributed by atoms with Crippen molar-refractivity contribution in [3.63, 3.8) is 0 Å². The Labute approximate surface area is 117 Å². The topological polar surface area (TPSA) is 48.1 Å². The van der Waals surface area contributed by atoms with Crippen LogP contribution < -0.4 is 5.73 Å². The molecule has 1 fully saturated rings. The molecule has 1 heterocycles. The number of thiazole rings is 1. The van der Waals surface area contributed by atoms with Crippen molar-refractivity contribution in [2.24, 2.45) is 11.7 Å². The second-order valence-corrected chi connectivity index (χ2v) is 6.32. The molecule has 0 spiro atoms. The summed E-state index contributed by atoms with van der Waals surface area (Å²) in [7, 11) is 0. The maximum atomic E-state index is 6.07. The summed E-state index contributed by atoms with van der Waals surface area (Å²) >= 11 is 1.73. The summed E-state index contributed by atoms with van der Waals surface area (Å²) in [6.45, 7) is 1.37. The summed E-state index contributed by atoms with van der Waals surface area (Å²) in [6, 6.07) is 8.24. The van der Waals surface area contributed by atoms with Crippen molar-refractivity contribution < 1.29 is 4.74 Å². The van der Waals surface area contributed by atoms with E-state index in [9.17, 15) is 0 Å². The van der Waals surface area contributed by atoms with Gasteiger partial charge >= 0.3 is 0 Å². The van der Waals surface area contributed by atoms with E-state index in [2.05, 4.69) is 23.2 Å². The number of hydrogen-bond acceptors (Lipinski definition) is 4. The van der Waals surface area contributed by atoms with E-state index in [0.717, 1.165) is 23.5 Å². The Morgan fingerprint density at radius 3 is 2.95 bits per heavy atom. The lowest BCUT2D eigenvalue weighted by molar-refractivity contribution is -0.0182. The van der Waals surface area contributed by atoms with E-state index in [1.807, 2.05) is 6.07 Å². The first-order valence-corrected chi connectivity index (χ1v) is 7.84. The van der Waals surface area contributed by atoms with Crippen LogP contribution in [0.5, 0.6) is 0 Å². The van der Waals surface area contributed by atoms with Crippen molar-refractivity contribution in [1.82, 2.24) is 4.98 Å². The molecule has 3 rings (SSSR count). The van der Waals surface area contributed by atoms with Gasteiger partial charge in [0.2, 0.25) is 0 Å². The molecule has 2 unspecified atom stereocenters. The molecular weight excluding hydrogens is 256 g/mol. The van der Waals surface area contributed by atoms with Gasteiger partial charge in [-0.25, -0.2) is 4.98 Å². The number of benzene rings is 1. The molecular formula is C15H20N2OS. The van der Waals surface area contributed by atoms with Crippen LogP contribution in [0.25, 0.3) is 10.2 Å². The van der Waals surface area contributed by atoms with Crippen LogP contribution in [-0.2, 0) is 11.3 Å². The van der Waals surface area contributed by atoms with E-state index in [4.69, 9.17) is 10.5 Å². The van der Waals surface area contributed by atoms with Gasteiger partial charge in [-0.3, -0.25) is 0 Å². The van der Waals surface area contributed by atoms with Crippen molar-refractivity contribution in [1.29, 1.82) is 0 Å². The quantitative estimate of drug-likeness (QED) is 0.931. The Kier molecular flexibility index (Phi) is 4.11. The number of nitrogens with zero attached hydrogens (tertiary/aromatic N) is 1. The molecule has 1 aromatic heterocycles. The van der Waals surface area contributed by atoms with E-state index in [1.165, 1.54) is 24.0 Å². The van der Waals surface area contributed by atoms with Crippen molar-refractivity contribution in [3.05, 3.63) is 29.3 Å². The van der Waals surface area contributed by atoms with Crippen molar-refractivity contribution in [2.75, 3.05) is 6.54 Å². The van der Waals surface area contributed by atoms with E-state index >= 15 is 0 Å². The average molecular weight is 276 g/mol. The molecule has 0 saturated heterocycles. The minimum atomic E-state index is 0.325. The first-order chi connectivity index (χ1) is 9.36. The Morgan fingerprint density at radius 1 is 1.26 bits per heavy atom. The lowest BCUT2D eigenvalue weighted by atomic mass is 9.86. The fraction of sp³-hybridized carbons (Fsp3) is 0.533. The summed E-state index contributed by atoms with van der Waals surface area (Å²) in [6.07, 6.45) is 5.24. The van der Waals surface area contributed by atoms with Gasteiger partial charge in [0.1, 0.15) is 5.01 Å². The number of ether oxygens (including phenoxy) is 1. The van der Waals surface area contributed by atoms with Gasteiger partial charge in [-0.15, -0.1) is 11.3 Å². The van der Waals surface area contributed by atoms with Gasteiger partial charge in [-0.05, 0) is 37.4 Å². The second kappa shape index (κ2) is 5.99. The maximum absolute atomic E-state index is 6.07. The van der Waals surface area contributed by atoms with E-state index < -0.39 is 0 Å². The van der Waals surface area contributed by atoms with Crippen LogP contribution in [0.15, 0.2) is 24.3 Å². The highest BCUT2D eigenvalue weighted by molar-refractivity contribution is 7.18. The third-order valence-corrected chi connectivity index (χ3v) is 4.91. The van der Waals surface area contributed by atoms with E-state index in [1.54, 1.807) is 11.3 Å². The van der Waals surface area contributed by atoms with Crippen molar-refractivity contribution >= 4 is 21.6 Å². The molecule has 3 nitrogen and oxygen atoms in total. The van der Waals surface area contributed by atoms with Crippen LogP contribution in [-0.4, -0.2) is 17.6 Å². The third-order valence-electron chi connectivity index (χ3n) is 3.90. The SMILES string of the molecule is NCC1CCCCC1OCc1nc2ccccc2s1. The zero-order chi connectivity index (χ0) is 13.1. The largest absolute Gasteiger partial charge is 0.371 e. The summed E-state index contributed by atoms with van der Waals surface area (Å²) < 4.78 is 7.31. The normalized spacial score (nSPS) is 23.8. The van der Waals surface area contributed by atoms with Crippen LogP contribution in [0, 0.1) is 5.92 Å². The second-order valence-electron chi connectivity index (χ2n) is 5.21. The number of aromatic nitrogens is 1. The lowest BCUT2D eigenvalue weighted by Gasteiger charge is -2.30. The first kappa shape index (κ1) is 13.0. The first-order valence-electron chi connectivity index (χ1n) is 7.03. The smallest absolute Gasteiger partial charge is 0.120 e. The van der Waals surface area contributed by atoms with Gasteiger partial charge < -0.3 is 10.5 Å².